The highest BCUT2D eigenvalue weighted by Crippen LogP contribution is 2.16. The molecule has 0 saturated carbocycles. The van der Waals surface area contributed by atoms with Gasteiger partial charge in [0.2, 0.25) is 12.3 Å². The van der Waals surface area contributed by atoms with Gasteiger partial charge in [-0.15, -0.1) is 11.8 Å². The predicted octanol–water partition coefficient (Wildman–Crippen LogP) is 2.80. The molecule has 1 amide bonds. The molecule has 8 heteroatoms. The summed E-state index contributed by atoms with van der Waals surface area (Å²) in [6.45, 7) is 0. The van der Waals surface area contributed by atoms with E-state index >= 15 is 0 Å². The second-order valence-electron chi connectivity index (χ2n) is 4.21. The zero-order valence-corrected chi connectivity index (χ0v) is 12.5. The predicted molar refractivity (Wildman–Crippen MR) is 77.8 cm³/mol. The number of halogens is 3. The summed E-state index contributed by atoms with van der Waals surface area (Å²) in [5, 5.41) is 11.4. The fraction of sp³-hybridized carbons (Fsp3) is 0.385. The van der Waals surface area contributed by atoms with Gasteiger partial charge in [0.05, 0.1) is 5.75 Å². The zero-order chi connectivity index (χ0) is 15.8. The number of benzene rings is 1. The van der Waals surface area contributed by atoms with E-state index in [-0.39, 0.29) is 5.75 Å². The van der Waals surface area contributed by atoms with Gasteiger partial charge in [0, 0.05) is 17.2 Å². The molecule has 0 aliphatic heterocycles. The molecule has 0 aliphatic carbocycles. The maximum Gasteiger partial charge on any atom is 0.326 e. The summed E-state index contributed by atoms with van der Waals surface area (Å²) in [5.41, 5.74) is 0.919. The van der Waals surface area contributed by atoms with Crippen molar-refractivity contribution in [2.45, 2.75) is 24.6 Å². The number of nitrogens with one attached hydrogen (secondary N) is 1. The van der Waals surface area contributed by atoms with Crippen LogP contribution in [0.3, 0.4) is 0 Å². The number of thioether (sulfide) groups is 1. The maximum atomic E-state index is 12.2. The lowest BCUT2D eigenvalue weighted by molar-refractivity contribution is -0.142. The van der Waals surface area contributed by atoms with Gasteiger partial charge in [-0.1, -0.05) is 23.7 Å². The molecule has 4 nitrogen and oxygen atoms in total. The molecule has 1 aromatic carbocycles. The van der Waals surface area contributed by atoms with Crippen LogP contribution in [0.5, 0.6) is 0 Å². The summed E-state index contributed by atoms with van der Waals surface area (Å²) in [5.74, 6) is -1.56. The summed E-state index contributed by atoms with van der Waals surface area (Å²) < 4.78 is 24.3. The Bertz CT molecular complexity index is 502. The number of hydrogen-bond donors (Lipinski definition) is 2. The SMILES string of the molecule is O=C(CSCc1cccc(Cl)c1)NC(CC(F)F)C(=O)O. The van der Waals surface area contributed by atoms with Crippen LogP contribution in [0.2, 0.25) is 5.02 Å². The van der Waals surface area contributed by atoms with Crippen LogP contribution in [0.15, 0.2) is 24.3 Å². The van der Waals surface area contributed by atoms with Gasteiger partial charge in [-0.3, -0.25) is 4.79 Å². The Morgan fingerprint density at radius 1 is 1.38 bits per heavy atom. The normalized spacial score (nSPS) is 12.2. The number of alkyl halides is 2. The standard InChI is InChI=1S/C13H14ClF2NO3S/c14-9-3-1-2-8(4-9)6-21-7-12(18)17-10(13(19)20)5-11(15)16/h1-4,10-11H,5-7H2,(H,17,18)(H,19,20). The lowest BCUT2D eigenvalue weighted by atomic mass is 10.2. The van der Waals surface area contributed by atoms with Gasteiger partial charge in [-0.25, -0.2) is 13.6 Å². The van der Waals surface area contributed by atoms with Crippen LogP contribution in [0.1, 0.15) is 12.0 Å². The fourth-order valence-electron chi connectivity index (χ4n) is 1.52. The molecule has 2 N–H and O–H groups in total. The van der Waals surface area contributed by atoms with Crippen molar-refractivity contribution < 1.29 is 23.5 Å². The summed E-state index contributed by atoms with van der Waals surface area (Å²) >= 11 is 7.06. The average Bonchev–Trinajstić information content (AvgIpc) is 2.37. The van der Waals surface area contributed by atoms with Gasteiger partial charge in [-0.2, -0.15) is 0 Å². The molecule has 1 unspecified atom stereocenters. The zero-order valence-electron chi connectivity index (χ0n) is 10.9. The van der Waals surface area contributed by atoms with Crippen molar-refractivity contribution in [2.75, 3.05) is 5.75 Å². The van der Waals surface area contributed by atoms with E-state index in [9.17, 15) is 18.4 Å². The highest BCUT2D eigenvalue weighted by molar-refractivity contribution is 7.99. The number of carbonyl (C=O) groups excluding carboxylic acids is 1. The van der Waals surface area contributed by atoms with E-state index in [1.54, 1.807) is 18.2 Å². The first kappa shape index (κ1) is 17.7. The Labute approximate surface area is 129 Å². The quantitative estimate of drug-likeness (QED) is 0.765. The van der Waals surface area contributed by atoms with E-state index in [2.05, 4.69) is 5.32 Å². The molecule has 0 fully saturated rings. The number of amides is 1. The molecule has 0 radical (unpaired) electrons. The molecule has 0 saturated heterocycles. The van der Waals surface area contributed by atoms with Gasteiger partial charge in [0.15, 0.2) is 0 Å². The Morgan fingerprint density at radius 2 is 2.10 bits per heavy atom. The van der Waals surface area contributed by atoms with Crippen molar-refractivity contribution >= 4 is 35.2 Å². The van der Waals surface area contributed by atoms with Crippen LogP contribution >= 0.6 is 23.4 Å². The van der Waals surface area contributed by atoms with E-state index in [0.717, 1.165) is 5.56 Å². The third kappa shape index (κ3) is 7.29. The Morgan fingerprint density at radius 3 is 2.67 bits per heavy atom. The smallest absolute Gasteiger partial charge is 0.326 e. The van der Waals surface area contributed by atoms with Crippen LogP contribution in [0, 0.1) is 0 Å². The Kier molecular flexibility index (Phi) is 7.45. The number of carbonyl (C=O) groups is 2. The Balaban J connectivity index is 2.37. The maximum absolute atomic E-state index is 12.2. The minimum atomic E-state index is -2.79. The number of hydrogen-bond acceptors (Lipinski definition) is 3. The minimum absolute atomic E-state index is 0.0144. The van der Waals surface area contributed by atoms with Crippen LogP contribution < -0.4 is 5.32 Å². The molecular formula is C13H14ClF2NO3S. The van der Waals surface area contributed by atoms with Gasteiger partial charge in [0.1, 0.15) is 6.04 Å². The van der Waals surface area contributed by atoms with E-state index in [4.69, 9.17) is 16.7 Å². The molecule has 0 bridgehead atoms. The first-order valence-electron chi connectivity index (χ1n) is 6.01. The molecular weight excluding hydrogens is 324 g/mol. The van der Waals surface area contributed by atoms with Gasteiger partial charge < -0.3 is 10.4 Å². The number of rotatable bonds is 8. The van der Waals surface area contributed by atoms with Crippen molar-refractivity contribution in [3.8, 4) is 0 Å². The minimum Gasteiger partial charge on any atom is -0.480 e. The van der Waals surface area contributed by atoms with Gasteiger partial charge in [0.25, 0.3) is 0 Å². The lowest BCUT2D eigenvalue weighted by Gasteiger charge is -2.13. The van der Waals surface area contributed by atoms with Crippen molar-refractivity contribution in [3.63, 3.8) is 0 Å². The molecule has 0 heterocycles. The monoisotopic (exact) mass is 337 g/mol. The molecule has 116 valence electrons. The molecule has 0 aromatic heterocycles. The summed E-state index contributed by atoms with van der Waals surface area (Å²) in [6, 6.07) is 5.53. The van der Waals surface area contributed by atoms with Crippen LogP contribution in [0.4, 0.5) is 8.78 Å². The molecule has 0 aliphatic rings. The van der Waals surface area contributed by atoms with Crippen molar-refractivity contribution in [1.29, 1.82) is 0 Å². The lowest BCUT2D eigenvalue weighted by Crippen LogP contribution is -2.42. The summed E-state index contributed by atoms with van der Waals surface area (Å²) in [7, 11) is 0. The molecule has 0 spiro atoms. The third-order valence-corrected chi connectivity index (χ3v) is 3.68. The Hall–Kier alpha value is -1.34. The first-order valence-corrected chi connectivity index (χ1v) is 7.54. The summed E-state index contributed by atoms with van der Waals surface area (Å²) in [6.07, 6.45) is -3.69. The second kappa shape index (κ2) is 8.84. The highest BCUT2D eigenvalue weighted by atomic mass is 35.5. The molecule has 1 aromatic rings. The second-order valence-corrected chi connectivity index (χ2v) is 5.63. The number of aliphatic carboxylic acids is 1. The fourth-order valence-corrected chi connectivity index (χ4v) is 2.52. The topological polar surface area (TPSA) is 66.4 Å². The van der Waals surface area contributed by atoms with Crippen LogP contribution in [-0.4, -0.2) is 35.2 Å². The van der Waals surface area contributed by atoms with E-state index < -0.39 is 30.8 Å². The van der Waals surface area contributed by atoms with Crippen molar-refractivity contribution in [2.24, 2.45) is 0 Å². The third-order valence-electron chi connectivity index (χ3n) is 2.44. The van der Waals surface area contributed by atoms with E-state index in [0.29, 0.717) is 10.8 Å². The molecule has 1 rings (SSSR count). The van der Waals surface area contributed by atoms with Crippen LogP contribution in [0.25, 0.3) is 0 Å². The first-order chi connectivity index (χ1) is 9.88. The number of carboxylic acids is 1. The largest absolute Gasteiger partial charge is 0.480 e. The average molecular weight is 338 g/mol. The molecule has 21 heavy (non-hydrogen) atoms. The number of carboxylic acid groups (broad SMARTS) is 1. The summed E-state index contributed by atoms with van der Waals surface area (Å²) in [4.78, 5) is 22.3. The van der Waals surface area contributed by atoms with Crippen molar-refractivity contribution in [1.82, 2.24) is 5.32 Å². The van der Waals surface area contributed by atoms with Crippen molar-refractivity contribution in [3.05, 3.63) is 34.9 Å². The van der Waals surface area contributed by atoms with E-state index in [1.807, 2.05) is 6.07 Å². The van der Waals surface area contributed by atoms with Crippen LogP contribution in [-0.2, 0) is 15.3 Å². The van der Waals surface area contributed by atoms with Gasteiger partial charge in [-0.05, 0) is 17.7 Å². The molecule has 1 atom stereocenters. The van der Waals surface area contributed by atoms with Gasteiger partial charge >= 0.3 is 5.97 Å². The highest BCUT2D eigenvalue weighted by Gasteiger charge is 2.23. The van der Waals surface area contributed by atoms with E-state index in [1.165, 1.54) is 11.8 Å².